The SMILES string of the molecule is CCNC(=NCc1noc(C)n1)N(C)Cc1ccccc1C. The van der Waals surface area contributed by atoms with Gasteiger partial charge in [-0.05, 0) is 25.0 Å². The molecule has 0 unspecified atom stereocenters. The van der Waals surface area contributed by atoms with Crippen LogP contribution >= 0.6 is 0 Å². The Labute approximate surface area is 131 Å². The van der Waals surface area contributed by atoms with E-state index in [-0.39, 0.29) is 0 Å². The van der Waals surface area contributed by atoms with Gasteiger partial charge in [-0.2, -0.15) is 4.98 Å². The van der Waals surface area contributed by atoms with Crippen LogP contribution in [0.15, 0.2) is 33.8 Å². The minimum Gasteiger partial charge on any atom is -0.357 e. The largest absolute Gasteiger partial charge is 0.357 e. The van der Waals surface area contributed by atoms with Crippen molar-refractivity contribution < 1.29 is 4.52 Å². The molecule has 1 heterocycles. The Morgan fingerprint density at radius 2 is 2.09 bits per heavy atom. The van der Waals surface area contributed by atoms with Crippen molar-refractivity contribution >= 4 is 5.96 Å². The molecule has 1 aromatic carbocycles. The second-order valence-corrected chi connectivity index (χ2v) is 5.18. The van der Waals surface area contributed by atoms with Crippen molar-refractivity contribution in [2.75, 3.05) is 13.6 Å². The molecule has 118 valence electrons. The Kier molecular flexibility index (Phi) is 5.52. The molecular formula is C16H23N5O. The number of guanidine groups is 1. The maximum Gasteiger partial charge on any atom is 0.223 e. The summed E-state index contributed by atoms with van der Waals surface area (Å²) < 4.78 is 4.96. The molecule has 0 aliphatic heterocycles. The number of rotatable bonds is 5. The Bertz CT molecular complexity index is 635. The molecule has 6 nitrogen and oxygen atoms in total. The van der Waals surface area contributed by atoms with Crippen LogP contribution in [-0.4, -0.2) is 34.6 Å². The first kappa shape index (κ1) is 16.0. The second kappa shape index (κ2) is 7.59. The van der Waals surface area contributed by atoms with Crippen molar-refractivity contribution in [1.82, 2.24) is 20.4 Å². The van der Waals surface area contributed by atoms with Gasteiger partial charge in [0.2, 0.25) is 5.89 Å². The number of hydrogen-bond acceptors (Lipinski definition) is 4. The fraction of sp³-hybridized carbons (Fsp3) is 0.438. The normalized spacial score (nSPS) is 11.5. The Morgan fingerprint density at radius 1 is 1.32 bits per heavy atom. The summed E-state index contributed by atoms with van der Waals surface area (Å²) in [6.07, 6.45) is 0. The summed E-state index contributed by atoms with van der Waals surface area (Å²) in [6.45, 7) is 7.95. The predicted octanol–water partition coefficient (Wildman–Crippen LogP) is 2.28. The summed E-state index contributed by atoms with van der Waals surface area (Å²) in [5, 5.41) is 7.15. The molecule has 1 aromatic heterocycles. The summed E-state index contributed by atoms with van der Waals surface area (Å²) in [5.41, 5.74) is 2.56. The van der Waals surface area contributed by atoms with Gasteiger partial charge in [0.1, 0.15) is 6.54 Å². The van der Waals surface area contributed by atoms with E-state index < -0.39 is 0 Å². The minimum absolute atomic E-state index is 0.401. The van der Waals surface area contributed by atoms with E-state index in [1.807, 2.05) is 7.05 Å². The van der Waals surface area contributed by atoms with Gasteiger partial charge < -0.3 is 14.7 Å². The van der Waals surface area contributed by atoms with Crippen molar-refractivity contribution in [2.45, 2.75) is 33.9 Å². The Morgan fingerprint density at radius 3 is 2.73 bits per heavy atom. The molecule has 6 heteroatoms. The maximum absolute atomic E-state index is 4.96. The summed E-state index contributed by atoms with van der Waals surface area (Å²) in [7, 11) is 2.02. The molecule has 0 amide bonds. The first-order chi connectivity index (χ1) is 10.6. The van der Waals surface area contributed by atoms with Crippen molar-refractivity contribution in [3.63, 3.8) is 0 Å². The van der Waals surface area contributed by atoms with Gasteiger partial charge in [-0.15, -0.1) is 0 Å². The van der Waals surface area contributed by atoms with Gasteiger partial charge in [0.25, 0.3) is 0 Å². The number of nitrogens with zero attached hydrogens (tertiary/aromatic N) is 4. The zero-order valence-corrected chi connectivity index (χ0v) is 13.6. The Hall–Kier alpha value is -2.37. The van der Waals surface area contributed by atoms with Crippen LogP contribution < -0.4 is 5.32 Å². The number of benzene rings is 1. The molecule has 2 aromatic rings. The van der Waals surface area contributed by atoms with Crippen LogP contribution in [0.25, 0.3) is 0 Å². The molecule has 0 aliphatic rings. The first-order valence-electron chi connectivity index (χ1n) is 7.43. The standard InChI is InChI=1S/C16H23N5O/c1-5-17-16(18-10-15-19-13(3)22-20-15)21(4)11-14-9-7-6-8-12(14)2/h6-9H,5,10-11H2,1-4H3,(H,17,18). The highest BCUT2D eigenvalue weighted by atomic mass is 16.5. The predicted molar refractivity (Wildman–Crippen MR) is 86.5 cm³/mol. The lowest BCUT2D eigenvalue weighted by molar-refractivity contribution is 0.387. The number of hydrogen-bond donors (Lipinski definition) is 1. The highest BCUT2D eigenvalue weighted by Gasteiger charge is 2.09. The zero-order valence-electron chi connectivity index (χ0n) is 13.6. The molecule has 0 aliphatic carbocycles. The summed E-state index contributed by atoms with van der Waals surface area (Å²) >= 11 is 0. The summed E-state index contributed by atoms with van der Waals surface area (Å²) in [4.78, 5) is 10.8. The number of aryl methyl sites for hydroxylation is 2. The Balaban J connectivity index is 2.07. The van der Waals surface area contributed by atoms with Crippen molar-refractivity contribution in [3.05, 3.63) is 47.1 Å². The van der Waals surface area contributed by atoms with E-state index in [9.17, 15) is 0 Å². The lowest BCUT2D eigenvalue weighted by Crippen LogP contribution is -2.38. The van der Waals surface area contributed by atoms with Gasteiger partial charge in [-0.3, -0.25) is 0 Å². The van der Waals surface area contributed by atoms with E-state index in [2.05, 4.69) is 63.5 Å². The van der Waals surface area contributed by atoms with E-state index in [4.69, 9.17) is 4.52 Å². The fourth-order valence-corrected chi connectivity index (χ4v) is 2.14. The first-order valence-corrected chi connectivity index (χ1v) is 7.43. The summed E-state index contributed by atoms with van der Waals surface area (Å²) in [5.74, 6) is 1.98. The van der Waals surface area contributed by atoms with Crippen LogP contribution in [0.4, 0.5) is 0 Å². The van der Waals surface area contributed by atoms with E-state index in [0.29, 0.717) is 18.3 Å². The smallest absolute Gasteiger partial charge is 0.223 e. The lowest BCUT2D eigenvalue weighted by atomic mass is 10.1. The molecule has 2 rings (SSSR count). The van der Waals surface area contributed by atoms with Gasteiger partial charge in [0, 0.05) is 27.1 Å². The van der Waals surface area contributed by atoms with Crippen molar-refractivity contribution in [2.24, 2.45) is 4.99 Å². The molecule has 0 spiro atoms. The fourth-order valence-electron chi connectivity index (χ4n) is 2.14. The van der Waals surface area contributed by atoms with Crippen LogP contribution in [0.5, 0.6) is 0 Å². The molecule has 0 atom stereocenters. The molecule has 22 heavy (non-hydrogen) atoms. The third-order valence-electron chi connectivity index (χ3n) is 3.31. The van der Waals surface area contributed by atoms with E-state index in [0.717, 1.165) is 19.0 Å². The van der Waals surface area contributed by atoms with E-state index in [1.165, 1.54) is 11.1 Å². The van der Waals surface area contributed by atoms with Gasteiger partial charge in [0.05, 0.1) is 0 Å². The molecule has 0 fully saturated rings. The van der Waals surface area contributed by atoms with Gasteiger partial charge in [-0.1, -0.05) is 29.4 Å². The summed E-state index contributed by atoms with van der Waals surface area (Å²) in [6, 6.07) is 8.37. The van der Waals surface area contributed by atoms with E-state index in [1.54, 1.807) is 6.92 Å². The van der Waals surface area contributed by atoms with Crippen LogP contribution in [-0.2, 0) is 13.1 Å². The number of aromatic nitrogens is 2. The topological polar surface area (TPSA) is 66.5 Å². The molecule has 0 radical (unpaired) electrons. The average Bonchev–Trinajstić information content (AvgIpc) is 2.91. The van der Waals surface area contributed by atoms with Crippen molar-refractivity contribution in [1.29, 1.82) is 0 Å². The van der Waals surface area contributed by atoms with Gasteiger partial charge in [-0.25, -0.2) is 4.99 Å². The second-order valence-electron chi connectivity index (χ2n) is 5.18. The quantitative estimate of drug-likeness (QED) is 0.678. The minimum atomic E-state index is 0.401. The molecule has 1 N–H and O–H groups in total. The van der Waals surface area contributed by atoms with Crippen molar-refractivity contribution in [3.8, 4) is 0 Å². The molecule has 0 saturated carbocycles. The molecule has 0 bridgehead atoms. The van der Waals surface area contributed by atoms with Gasteiger partial charge in [0.15, 0.2) is 11.8 Å². The average molecular weight is 301 g/mol. The van der Waals surface area contributed by atoms with Crippen LogP contribution in [0, 0.1) is 13.8 Å². The zero-order chi connectivity index (χ0) is 15.9. The third-order valence-corrected chi connectivity index (χ3v) is 3.31. The highest BCUT2D eigenvalue weighted by molar-refractivity contribution is 5.79. The number of aliphatic imine (C=N–C) groups is 1. The number of nitrogens with one attached hydrogen (secondary N) is 1. The molecule has 0 saturated heterocycles. The molecular weight excluding hydrogens is 278 g/mol. The lowest BCUT2D eigenvalue weighted by Gasteiger charge is -2.22. The van der Waals surface area contributed by atoms with Gasteiger partial charge >= 0.3 is 0 Å². The van der Waals surface area contributed by atoms with Crippen LogP contribution in [0.1, 0.15) is 29.8 Å². The monoisotopic (exact) mass is 301 g/mol. The van der Waals surface area contributed by atoms with Crippen LogP contribution in [0.2, 0.25) is 0 Å². The highest BCUT2D eigenvalue weighted by Crippen LogP contribution is 2.09. The van der Waals surface area contributed by atoms with Crippen LogP contribution in [0.3, 0.4) is 0 Å². The third kappa shape index (κ3) is 4.31. The maximum atomic E-state index is 4.96. The van der Waals surface area contributed by atoms with E-state index >= 15 is 0 Å².